The summed E-state index contributed by atoms with van der Waals surface area (Å²) in [6.07, 6.45) is 3.24. The van der Waals surface area contributed by atoms with Gasteiger partial charge in [-0.05, 0) is 12.7 Å². The summed E-state index contributed by atoms with van der Waals surface area (Å²) in [6.45, 7) is 3.44. The van der Waals surface area contributed by atoms with Crippen molar-refractivity contribution in [2.75, 3.05) is 30.0 Å². The molecule has 0 saturated heterocycles. The molecule has 0 spiro atoms. The molecule has 0 unspecified atom stereocenters. The largest absolute Gasteiger partial charge is 0.370 e. The monoisotopic (exact) mass is 269 g/mol. The second-order valence-electron chi connectivity index (χ2n) is 3.69. The summed E-state index contributed by atoms with van der Waals surface area (Å²) in [7, 11) is 0. The highest BCUT2D eigenvalue weighted by molar-refractivity contribution is 7.98. The molecule has 100 valence electrons. The fourth-order valence-corrected chi connectivity index (χ4v) is 1.64. The molecule has 0 saturated carbocycles. The van der Waals surface area contributed by atoms with E-state index in [1.807, 2.05) is 12.3 Å². The Morgan fingerprint density at radius 1 is 1.33 bits per heavy atom. The van der Waals surface area contributed by atoms with Crippen molar-refractivity contribution in [2.24, 2.45) is 5.73 Å². The predicted molar refractivity (Wildman–Crippen MR) is 74.9 cm³/mol. The second-order valence-corrected chi connectivity index (χ2v) is 4.47. The molecular formula is C11H19N5OS. The minimum Gasteiger partial charge on any atom is -0.370 e. The van der Waals surface area contributed by atoms with Gasteiger partial charge in [-0.15, -0.1) is 0 Å². The Hall–Kier alpha value is -1.50. The second kappa shape index (κ2) is 7.75. The Bertz CT molecular complexity index is 399. The maximum absolute atomic E-state index is 10.7. The van der Waals surface area contributed by atoms with Crippen LogP contribution in [-0.4, -0.2) is 35.2 Å². The summed E-state index contributed by atoms with van der Waals surface area (Å²) in [5, 5.41) is 6.97. The number of nitrogens with two attached hydrogens (primary N) is 1. The summed E-state index contributed by atoms with van der Waals surface area (Å²) >= 11 is 1.48. The fourth-order valence-electron chi connectivity index (χ4n) is 1.26. The van der Waals surface area contributed by atoms with E-state index in [2.05, 4.69) is 27.5 Å². The van der Waals surface area contributed by atoms with Gasteiger partial charge in [-0.2, -0.15) is 0 Å². The van der Waals surface area contributed by atoms with Crippen LogP contribution in [0.2, 0.25) is 0 Å². The standard InChI is InChI=1S/C11H19N5OS/c1-3-5-13-9-7-10(14-6-4-8(12)17)16-11(15-9)18-2/h7H,3-6H2,1-2H3,(H2,12,17)(H2,13,14,15,16). The summed E-state index contributed by atoms with van der Waals surface area (Å²) in [4.78, 5) is 19.3. The van der Waals surface area contributed by atoms with Gasteiger partial charge >= 0.3 is 0 Å². The maximum atomic E-state index is 10.7. The quantitative estimate of drug-likeness (QED) is 0.486. The molecule has 0 radical (unpaired) electrons. The van der Waals surface area contributed by atoms with Crippen LogP contribution in [0.15, 0.2) is 11.2 Å². The van der Waals surface area contributed by atoms with Crippen molar-refractivity contribution in [3.63, 3.8) is 0 Å². The zero-order chi connectivity index (χ0) is 13.4. The van der Waals surface area contributed by atoms with Gasteiger partial charge < -0.3 is 16.4 Å². The van der Waals surface area contributed by atoms with Crippen LogP contribution in [0.25, 0.3) is 0 Å². The molecular weight excluding hydrogens is 250 g/mol. The summed E-state index contributed by atoms with van der Waals surface area (Å²) in [6, 6.07) is 1.83. The number of nitrogens with one attached hydrogen (secondary N) is 2. The molecule has 0 bridgehead atoms. The number of anilines is 2. The van der Waals surface area contributed by atoms with Crippen LogP contribution in [0.4, 0.5) is 11.6 Å². The van der Waals surface area contributed by atoms with E-state index in [0.29, 0.717) is 17.5 Å². The predicted octanol–water partition coefficient (Wildman–Crippen LogP) is 1.31. The number of primary amides is 1. The minimum atomic E-state index is -0.328. The van der Waals surface area contributed by atoms with Crippen molar-refractivity contribution in [1.29, 1.82) is 0 Å². The number of carbonyl (C=O) groups is 1. The van der Waals surface area contributed by atoms with Crippen molar-refractivity contribution in [3.05, 3.63) is 6.07 Å². The molecule has 0 atom stereocenters. The Morgan fingerprint density at radius 2 is 1.94 bits per heavy atom. The lowest BCUT2D eigenvalue weighted by atomic mass is 10.4. The molecule has 0 aliphatic heterocycles. The zero-order valence-electron chi connectivity index (χ0n) is 10.7. The Kier molecular flexibility index (Phi) is 6.27. The van der Waals surface area contributed by atoms with Crippen molar-refractivity contribution >= 4 is 29.3 Å². The average Bonchev–Trinajstić information content (AvgIpc) is 2.35. The highest BCUT2D eigenvalue weighted by Crippen LogP contribution is 2.17. The van der Waals surface area contributed by atoms with Gasteiger partial charge in [0.25, 0.3) is 0 Å². The van der Waals surface area contributed by atoms with Crippen LogP contribution in [0.5, 0.6) is 0 Å². The van der Waals surface area contributed by atoms with Crippen molar-refractivity contribution in [2.45, 2.75) is 24.9 Å². The van der Waals surface area contributed by atoms with Crippen LogP contribution >= 0.6 is 11.8 Å². The van der Waals surface area contributed by atoms with Gasteiger partial charge in [0.1, 0.15) is 11.6 Å². The number of hydrogen-bond donors (Lipinski definition) is 3. The van der Waals surface area contributed by atoms with E-state index < -0.39 is 0 Å². The molecule has 1 aromatic rings. The first kappa shape index (κ1) is 14.6. The summed E-state index contributed by atoms with van der Waals surface area (Å²) in [5.41, 5.74) is 5.08. The van der Waals surface area contributed by atoms with E-state index in [1.54, 1.807) is 0 Å². The van der Waals surface area contributed by atoms with Gasteiger partial charge in [0.15, 0.2) is 5.16 Å². The van der Waals surface area contributed by atoms with Crippen LogP contribution < -0.4 is 16.4 Å². The normalized spacial score (nSPS) is 10.1. The van der Waals surface area contributed by atoms with Crippen LogP contribution in [0.3, 0.4) is 0 Å². The summed E-state index contributed by atoms with van der Waals surface area (Å²) in [5.74, 6) is 1.16. The molecule has 6 nitrogen and oxygen atoms in total. The molecule has 18 heavy (non-hydrogen) atoms. The minimum absolute atomic E-state index is 0.288. The Morgan fingerprint density at radius 3 is 2.44 bits per heavy atom. The van der Waals surface area contributed by atoms with Gasteiger partial charge in [0.2, 0.25) is 5.91 Å². The third kappa shape index (κ3) is 5.22. The summed E-state index contributed by atoms with van der Waals surface area (Å²) < 4.78 is 0. The first-order valence-corrected chi connectivity index (χ1v) is 7.07. The van der Waals surface area contributed by atoms with Gasteiger partial charge in [0.05, 0.1) is 0 Å². The number of aromatic nitrogens is 2. The van der Waals surface area contributed by atoms with Crippen LogP contribution in [0.1, 0.15) is 19.8 Å². The molecule has 0 aliphatic carbocycles. The molecule has 0 aliphatic rings. The van der Waals surface area contributed by atoms with Crippen molar-refractivity contribution in [1.82, 2.24) is 9.97 Å². The molecule has 0 fully saturated rings. The van der Waals surface area contributed by atoms with E-state index in [-0.39, 0.29) is 12.3 Å². The van der Waals surface area contributed by atoms with Crippen LogP contribution in [-0.2, 0) is 4.79 Å². The first-order chi connectivity index (χ1) is 8.65. The third-order valence-electron chi connectivity index (χ3n) is 2.12. The van der Waals surface area contributed by atoms with E-state index in [4.69, 9.17) is 5.73 Å². The molecule has 1 aromatic heterocycles. The van der Waals surface area contributed by atoms with E-state index in [0.717, 1.165) is 18.8 Å². The van der Waals surface area contributed by atoms with E-state index in [9.17, 15) is 4.79 Å². The first-order valence-electron chi connectivity index (χ1n) is 5.84. The molecule has 4 N–H and O–H groups in total. The Labute approximate surface area is 111 Å². The number of hydrogen-bond acceptors (Lipinski definition) is 6. The van der Waals surface area contributed by atoms with E-state index in [1.165, 1.54) is 11.8 Å². The van der Waals surface area contributed by atoms with Crippen molar-refractivity contribution in [3.8, 4) is 0 Å². The third-order valence-corrected chi connectivity index (χ3v) is 2.67. The SMILES string of the molecule is CCCNc1cc(NCCC(N)=O)nc(SC)n1. The van der Waals surface area contributed by atoms with Crippen molar-refractivity contribution < 1.29 is 4.79 Å². The molecule has 1 amide bonds. The lowest BCUT2D eigenvalue weighted by Gasteiger charge is -2.09. The lowest BCUT2D eigenvalue weighted by Crippen LogP contribution is -2.16. The number of carbonyl (C=O) groups excluding carboxylic acids is 1. The zero-order valence-corrected chi connectivity index (χ0v) is 11.5. The van der Waals surface area contributed by atoms with Gasteiger partial charge in [0, 0.05) is 25.6 Å². The highest BCUT2D eigenvalue weighted by Gasteiger charge is 2.04. The number of rotatable bonds is 8. The smallest absolute Gasteiger partial charge is 0.219 e. The van der Waals surface area contributed by atoms with E-state index >= 15 is 0 Å². The maximum Gasteiger partial charge on any atom is 0.219 e. The Balaban J connectivity index is 2.67. The molecule has 0 aromatic carbocycles. The topological polar surface area (TPSA) is 92.9 Å². The number of thioether (sulfide) groups is 1. The van der Waals surface area contributed by atoms with Crippen LogP contribution in [0, 0.1) is 0 Å². The number of amides is 1. The van der Waals surface area contributed by atoms with Gasteiger partial charge in [-0.25, -0.2) is 9.97 Å². The molecule has 7 heteroatoms. The van der Waals surface area contributed by atoms with Gasteiger partial charge in [-0.3, -0.25) is 4.79 Å². The highest BCUT2D eigenvalue weighted by atomic mass is 32.2. The molecule has 1 heterocycles. The average molecular weight is 269 g/mol. The van der Waals surface area contributed by atoms with Gasteiger partial charge in [-0.1, -0.05) is 18.7 Å². The fraction of sp³-hybridized carbons (Fsp3) is 0.545. The lowest BCUT2D eigenvalue weighted by molar-refractivity contribution is -0.117. The number of nitrogens with zero attached hydrogens (tertiary/aromatic N) is 2. The molecule has 1 rings (SSSR count).